The number of amides is 1. The van der Waals surface area contributed by atoms with Crippen molar-refractivity contribution in [2.45, 2.75) is 57.7 Å². The van der Waals surface area contributed by atoms with Crippen LogP contribution in [0.2, 0.25) is 0 Å². The van der Waals surface area contributed by atoms with Crippen molar-refractivity contribution in [3.05, 3.63) is 41.9 Å². The van der Waals surface area contributed by atoms with E-state index in [1.54, 1.807) is 7.05 Å². The van der Waals surface area contributed by atoms with Crippen LogP contribution in [0.1, 0.15) is 50.2 Å². The largest absolute Gasteiger partial charge is 0.476 e. The number of aromatic nitrogens is 5. The lowest BCUT2D eigenvalue weighted by Gasteiger charge is -2.34. The molecule has 1 amide bonds. The highest BCUT2D eigenvalue weighted by Crippen LogP contribution is 2.45. The zero-order valence-corrected chi connectivity index (χ0v) is 28.7. The van der Waals surface area contributed by atoms with E-state index in [1.807, 2.05) is 4.90 Å². The summed E-state index contributed by atoms with van der Waals surface area (Å²) in [6.07, 6.45) is 5.95. The van der Waals surface area contributed by atoms with Crippen LogP contribution in [-0.2, 0) is 17.1 Å². The molecule has 45 heavy (non-hydrogen) atoms. The molecule has 1 aliphatic heterocycles. The van der Waals surface area contributed by atoms with E-state index in [2.05, 4.69) is 47.5 Å². The Morgan fingerprint density at radius 1 is 1.13 bits per heavy atom. The molecule has 1 aliphatic rings. The Labute approximate surface area is 263 Å². The maximum atomic E-state index is 13.6. The second-order valence-corrected chi connectivity index (χ2v) is 19.9. The van der Waals surface area contributed by atoms with Crippen LogP contribution in [0, 0.1) is 18.3 Å². The number of alkyl halides is 3. The summed E-state index contributed by atoms with van der Waals surface area (Å²) in [5.74, 6) is 1.00. The maximum absolute atomic E-state index is 13.6. The Bertz CT molecular complexity index is 1680. The van der Waals surface area contributed by atoms with E-state index < -0.39 is 49.7 Å². The third-order valence-corrected chi connectivity index (χ3v) is 10.6. The van der Waals surface area contributed by atoms with E-state index in [0.717, 1.165) is 26.0 Å². The molecule has 1 fully saturated rings. The highest BCUT2D eigenvalue weighted by Gasteiger charge is 2.48. The monoisotopic (exact) mass is 673 g/mol. The number of nitrogens with one attached hydrogen (secondary N) is 1. The number of sulfonamides is 1. The first-order chi connectivity index (χ1) is 20.5. The maximum Gasteiger partial charge on any atom is 0.397 e. The van der Waals surface area contributed by atoms with Crippen molar-refractivity contribution in [3.63, 3.8) is 0 Å². The molecule has 11 nitrogen and oxygen atoms in total. The summed E-state index contributed by atoms with van der Waals surface area (Å²) in [5.41, 5.74) is -2.21. The number of pyridine rings is 1. The molecule has 0 bridgehead atoms. The average molecular weight is 674 g/mol. The lowest BCUT2D eigenvalue weighted by molar-refractivity contribution is -0.219. The second-order valence-electron chi connectivity index (χ2n) is 13.7. The summed E-state index contributed by atoms with van der Waals surface area (Å²) >= 11 is 0. The van der Waals surface area contributed by atoms with E-state index in [1.165, 1.54) is 46.9 Å². The minimum Gasteiger partial charge on any atom is -0.476 e. The Morgan fingerprint density at radius 2 is 1.80 bits per heavy atom. The lowest BCUT2D eigenvalue weighted by atomic mass is 9.94. The van der Waals surface area contributed by atoms with Gasteiger partial charge < -0.3 is 9.64 Å². The number of halogens is 3. The Morgan fingerprint density at radius 3 is 2.38 bits per heavy atom. The molecule has 4 heterocycles. The molecule has 3 aromatic heterocycles. The predicted molar refractivity (Wildman–Crippen MR) is 169 cm³/mol. The van der Waals surface area contributed by atoms with Gasteiger partial charge in [0, 0.05) is 37.6 Å². The third kappa shape index (κ3) is 7.76. The van der Waals surface area contributed by atoms with E-state index in [-0.39, 0.29) is 33.7 Å². The number of anilines is 1. The van der Waals surface area contributed by atoms with E-state index in [4.69, 9.17) is 9.72 Å². The fourth-order valence-corrected chi connectivity index (χ4v) is 8.27. The van der Waals surface area contributed by atoms with Gasteiger partial charge in [-0.15, -0.1) is 5.10 Å². The number of carbonyl (C=O) groups excluding carboxylic acids is 1. The first kappa shape index (κ1) is 34.6. The normalized spacial score (nSPS) is 17.9. The van der Waals surface area contributed by atoms with Gasteiger partial charge in [-0.2, -0.15) is 18.3 Å². The second kappa shape index (κ2) is 11.8. The van der Waals surface area contributed by atoms with Crippen LogP contribution >= 0.6 is 10.0 Å². The van der Waals surface area contributed by atoms with Gasteiger partial charge in [0.05, 0.1) is 16.7 Å². The molecule has 0 radical (unpaired) electrons. The number of nitrogens with zero attached hydrogens (tertiary/aromatic N) is 6. The molecule has 0 spiro atoms. The Kier molecular flexibility index (Phi) is 9.09. The van der Waals surface area contributed by atoms with E-state index >= 15 is 0 Å². The minimum absolute atomic E-state index is 0.0230. The van der Waals surface area contributed by atoms with Crippen molar-refractivity contribution in [2.24, 2.45) is 18.4 Å². The molecule has 250 valence electrons. The van der Waals surface area contributed by atoms with Crippen LogP contribution in [0.4, 0.5) is 19.0 Å². The summed E-state index contributed by atoms with van der Waals surface area (Å²) in [6, 6.07) is 4.40. The smallest absolute Gasteiger partial charge is 0.397 e. The summed E-state index contributed by atoms with van der Waals surface area (Å²) in [7, 11) is -3.50. The van der Waals surface area contributed by atoms with Gasteiger partial charge in [-0.05, 0) is 83.6 Å². The predicted octanol–water partition coefficient (Wildman–Crippen LogP) is 4.69. The molecule has 0 saturated carbocycles. The van der Waals surface area contributed by atoms with Gasteiger partial charge in [0.15, 0.2) is 5.82 Å². The SMILES string of the molecule is Cc1nn(C)cc1S(=O)(=O)NC(=O)c1ccc(-n2ccc(OCC(C)(C)C(F)(F)F)n2)nc1N1CC(CS(C)(C)C)CC1(C)C. The van der Waals surface area contributed by atoms with E-state index in [0.29, 0.717) is 12.5 Å². The van der Waals surface area contributed by atoms with Crippen LogP contribution in [0.5, 0.6) is 5.88 Å². The summed E-state index contributed by atoms with van der Waals surface area (Å²) < 4.78 is 76.5. The van der Waals surface area contributed by atoms with Crippen molar-refractivity contribution in [2.75, 3.05) is 42.6 Å². The van der Waals surface area contributed by atoms with Gasteiger partial charge in [-0.1, -0.05) is 0 Å². The highest BCUT2D eigenvalue weighted by molar-refractivity contribution is 8.32. The third-order valence-electron chi connectivity index (χ3n) is 7.69. The van der Waals surface area contributed by atoms with Crippen molar-refractivity contribution in [1.29, 1.82) is 0 Å². The fraction of sp³-hybridized carbons (Fsp3) is 0.586. The molecular formula is C29H42F3N7O4S2. The highest BCUT2D eigenvalue weighted by atomic mass is 32.3. The molecule has 4 rings (SSSR count). The van der Waals surface area contributed by atoms with Crippen LogP contribution in [0.3, 0.4) is 0 Å². The summed E-state index contributed by atoms with van der Waals surface area (Å²) in [6.45, 7) is 7.71. The lowest BCUT2D eigenvalue weighted by Crippen LogP contribution is -2.41. The number of carbonyl (C=O) groups is 1. The minimum atomic E-state index is -4.46. The van der Waals surface area contributed by atoms with Gasteiger partial charge in [0.2, 0.25) is 5.88 Å². The fourth-order valence-electron chi connectivity index (χ4n) is 5.45. The van der Waals surface area contributed by atoms with E-state index in [9.17, 15) is 26.4 Å². The topological polar surface area (TPSA) is 124 Å². The van der Waals surface area contributed by atoms with Crippen molar-refractivity contribution >= 4 is 31.8 Å². The van der Waals surface area contributed by atoms with Crippen molar-refractivity contribution < 1.29 is 31.1 Å². The summed E-state index contributed by atoms with van der Waals surface area (Å²) in [4.78, 5) is 20.3. The van der Waals surface area contributed by atoms with Gasteiger partial charge in [0.1, 0.15) is 17.3 Å². The zero-order valence-electron chi connectivity index (χ0n) is 27.1. The van der Waals surface area contributed by atoms with Crippen LogP contribution in [0.15, 0.2) is 35.5 Å². The number of rotatable bonds is 10. The quantitative estimate of drug-likeness (QED) is 0.329. The van der Waals surface area contributed by atoms with Crippen LogP contribution in [0.25, 0.3) is 5.82 Å². The molecular weight excluding hydrogens is 631 g/mol. The first-order valence-corrected chi connectivity index (χ1v) is 18.8. The molecule has 3 aromatic rings. The Hall–Kier alpha value is -3.27. The summed E-state index contributed by atoms with van der Waals surface area (Å²) in [5, 5.41) is 8.33. The number of aryl methyl sites for hydroxylation is 2. The molecule has 0 aliphatic carbocycles. The number of ether oxygens (including phenoxy) is 1. The number of hydrogen-bond donors (Lipinski definition) is 1. The average Bonchev–Trinajstić information content (AvgIpc) is 3.56. The van der Waals surface area contributed by atoms with Crippen molar-refractivity contribution in [1.82, 2.24) is 29.3 Å². The van der Waals surface area contributed by atoms with Crippen LogP contribution in [-0.4, -0.2) is 88.3 Å². The molecule has 1 N–H and O–H groups in total. The van der Waals surface area contributed by atoms with Crippen molar-refractivity contribution in [3.8, 4) is 11.7 Å². The van der Waals surface area contributed by atoms with Gasteiger partial charge in [0.25, 0.3) is 15.9 Å². The molecule has 1 atom stereocenters. The van der Waals surface area contributed by atoms with Gasteiger partial charge in [-0.25, -0.2) is 32.8 Å². The zero-order chi connectivity index (χ0) is 33.8. The molecule has 1 saturated heterocycles. The first-order valence-electron chi connectivity index (χ1n) is 14.3. The van der Waals surface area contributed by atoms with Crippen LogP contribution < -0.4 is 14.4 Å². The number of hydrogen-bond acceptors (Lipinski definition) is 8. The molecule has 0 aromatic carbocycles. The standard InChI is InChI=1S/C29H42F3N7O4S2/c1-19-22(16-37(6)34-19)45(41,42)36-26(40)21-10-11-23(39-13-12-24(35-39)43-18-27(2,3)29(30,31)32)33-25(21)38-15-20(14-28(38,4)5)17-44(7,8)9/h10-13,16,20H,14-15,17-18H2,1-9H3,(H,36,40). The van der Waals surface area contributed by atoms with Gasteiger partial charge in [-0.3, -0.25) is 9.48 Å². The molecule has 16 heteroatoms. The molecule has 1 unspecified atom stereocenters. The van der Waals surface area contributed by atoms with Gasteiger partial charge >= 0.3 is 6.18 Å². The Balaban J connectivity index is 1.71.